The van der Waals surface area contributed by atoms with Crippen LogP contribution in [-0.2, 0) is 21.1 Å². The largest absolute Gasteiger partial charge is 0.469 e. The van der Waals surface area contributed by atoms with E-state index in [0.29, 0.717) is 5.76 Å². The second-order valence-corrected chi connectivity index (χ2v) is 5.75. The van der Waals surface area contributed by atoms with Crippen LogP contribution in [0, 0.1) is 0 Å². The van der Waals surface area contributed by atoms with Gasteiger partial charge in [-0.2, -0.15) is 0 Å². The van der Waals surface area contributed by atoms with Crippen LogP contribution >= 0.6 is 0 Å². The maximum absolute atomic E-state index is 11.7. The highest BCUT2D eigenvalue weighted by Gasteiger charge is 2.10. The summed E-state index contributed by atoms with van der Waals surface area (Å²) in [7, 11) is 0.651. The average Bonchev–Trinajstić information content (AvgIpc) is 2.54. The Hall–Kier alpha value is -1.14. The first kappa shape index (κ1) is 11.9. The van der Waals surface area contributed by atoms with E-state index in [1.165, 1.54) is 16.8 Å². The SMILES string of the molecule is CN(C)S(C)(=O)=NC(=O)Cc1ccco1. The van der Waals surface area contributed by atoms with Gasteiger partial charge in [-0.05, 0) is 12.1 Å². The summed E-state index contributed by atoms with van der Waals surface area (Å²) in [6.45, 7) is 0. The molecule has 1 amide bonds. The van der Waals surface area contributed by atoms with E-state index < -0.39 is 15.8 Å². The number of amides is 1. The first-order valence-electron chi connectivity index (χ1n) is 4.36. The van der Waals surface area contributed by atoms with Crippen LogP contribution in [0.2, 0.25) is 0 Å². The Morgan fingerprint density at radius 3 is 2.73 bits per heavy atom. The molecule has 0 aliphatic heterocycles. The lowest BCUT2D eigenvalue weighted by Gasteiger charge is -2.10. The molecule has 1 aromatic heterocycles. The monoisotopic (exact) mass is 230 g/mol. The molecule has 0 saturated carbocycles. The molecule has 0 aliphatic rings. The van der Waals surface area contributed by atoms with E-state index in [4.69, 9.17) is 4.42 Å². The van der Waals surface area contributed by atoms with E-state index >= 15 is 0 Å². The van der Waals surface area contributed by atoms with Gasteiger partial charge >= 0.3 is 0 Å². The summed E-state index contributed by atoms with van der Waals surface area (Å²) < 4.78 is 21.8. The molecule has 1 atom stereocenters. The first-order valence-corrected chi connectivity index (χ1v) is 6.24. The Labute approximate surface area is 89.4 Å². The van der Waals surface area contributed by atoms with E-state index in [1.807, 2.05) is 0 Å². The highest BCUT2D eigenvalue weighted by atomic mass is 32.2. The Bertz CT molecular complexity index is 442. The Balaban J connectivity index is 2.76. The van der Waals surface area contributed by atoms with Gasteiger partial charge in [-0.3, -0.25) is 4.79 Å². The van der Waals surface area contributed by atoms with Crippen LogP contribution in [0.3, 0.4) is 0 Å². The Kier molecular flexibility index (Phi) is 3.65. The fraction of sp³-hybridized carbons (Fsp3) is 0.444. The lowest BCUT2D eigenvalue weighted by atomic mass is 10.3. The van der Waals surface area contributed by atoms with Crippen LogP contribution < -0.4 is 0 Å². The third-order valence-electron chi connectivity index (χ3n) is 1.85. The molecule has 1 heterocycles. The number of carbonyl (C=O) groups is 1. The molecule has 0 saturated heterocycles. The van der Waals surface area contributed by atoms with Gasteiger partial charge in [0, 0.05) is 20.4 Å². The van der Waals surface area contributed by atoms with Crippen molar-refractivity contribution in [1.29, 1.82) is 0 Å². The molecule has 1 aromatic rings. The Morgan fingerprint density at radius 1 is 1.60 bits per heavy atom. The van der Waals surface area contributed by atoms with E-state index in [2.05, 4.69) is 4.36 Å². The van der Waals surface area contributed by atoms with Crippen LogP contribution in [0.4, 0.5) is 0 Å². The number of hydrogen-bond donors (Lipinski definition) is 0. The quantitative estimate of drug-likeness (QED) is 0.775. The summed E-state index contributed by atoms with van der Waals surface area (Å²) in [6.07, 6.45) is 2.95. The van der Waals surface area contributed by atoms with E-state index in [0.717, 1.165) is 0 Å². The number of rotatable bonds is 3. The van der Waals surface area contributed by atoms with Crippen LogP contribution in [0.1, 0.15) is 5.76 Å². The van der Waals surface area contributed by atoms with Gasteiger partial charge in [0.05, 0.1) is 12.7 Å². The predicted molar refractivity (Wildman–Crippen MR) is 57.6 cm³/mol. The fourth-order valence-electron chi connectivity index (χ4n) is 0.865. The predicted octanol–water partition coefficient (Wildman–Crippen LogP) is 0.923. The van der Waals surface area contributed by atoms with Gasteiger partial charge < -0.3 is 4.42 Å². The molecule has 0 fully saturated rings. The highest BCUT2D eigenvalue weighted by molar-refractivity contribution is 7.90. The van der Waals surface area contributed by atoms with Gasteiger partial charge in [0.15, 0.2) is 0 Å². The molecule has 0 aliphatic carbocycles. The number of hydrogen-bond acceptors (Lipinski definition) is 3. The fourth-order valence-corrected chi connectivity index (χ4v) is 1.47. The van der Waals surface area contributed by atoms with Crippen LogP contribution in [-0.4, -0.2) is 34.8 Å². The lowest BCUT2D eigenvalue weighted by Crippen LogP contribution is -2.21. The van der Waals surface area contributed by atoms with E-state index in [1.54, 1.807) is 26.2 Å². The smallest absolute Gasteiger partial charge is 0.262 e. The number of carbonyl (C=O) groups excluding carboxylic acids is 1. The molecular weight excluding hydrogens is 216 g/mol. The van der Waals surface area contributed by atoms with E-state index in [-0.39, 0.29) is 6.42 Å². The summed E-state index contributed by atoms with van der Waals surface area (Å²) in [5.41, 5.74) is 0. The molecule has 5 nitrogen and oxygen atoms in total. The lowest BCUT2D eigenvalue weighted by molar-refractivity contribution is -0.117. The van der Waals surface area contributed by atoms with Crippen molar-refractivity contribution in [2.24, 2.45) is 4.36 Å². The minimum Gasteiger partial charge on any atom is -0.469 e. The topological polar surface area (TPSA) is 62.9 Å². The van der Waals surface area contributed by atoms with Crippen molar-refractivity contribution in [3.63, 3.8) is 0 Å². The third-order valence-corrected chi connectivity index (χ3v) is 3.75. The molecule has 0 spiro atoms. The number of furan rings is 1. The Morgan fingerprint density at radius 2 is 2.27 bits per heavy atom. The molecule has 1 unspecified atom stereocenters. The summed E-state index contributed by atoms with van der Waals surface area (Å²) in [6, 6.07) is 3.37. The zero-order chi connectivity index (χ0) is 11.5. The first-order chi connectivity index (χ1) is 6.92. The minimum absolute atomic E-state index is 0.0473. The molecule has 0 aromatic carbocycles. The van der Waals surface area contributed by atoms with Gasteiger partial charge in [0.25, 0.3) is 5.91 Å². The van der Waals surface area contributed by atoms with Crippen molar-refractivity contribution in [1.82, 2.24) is 4.31 Å². The minimum atomic E-state index is -2.58. The maximum atomic E-state index is 11.7. The second-order valence-electron chi connectivity index (χ2n) is 3.32. The summed E-state index contributed by atoms with van der Waals surface area (Å²) >= 11 is 0. The van der Waals surface area contributed by atoms with Crippen molar-refractivity contribution < 1.29 is 13.4 Å². The summed E-state index contributed by atoms with van der Waals surface area (Å²) in [5.74, 6) is 0.0869. The molecule has 0 N–H and O–H groups in total. The molecule has 0 bridgehead atoms. The molecule has 84 valence electrons. The van der Waals surface area contributed by atoms with Gasteiger partial charge in [0.1, 0.15) is 15.7 Å². The van der Waals surface area contributed by atoms with Gasteiger partial charge in [-0.25, -0.2) is 8.51 Å². The van der Waals surface area contributed by atoms with Crippen molar-refractivity contribution in [2.75, 3.05) is 20.4 Å². The van der Waals surface area contributed by atoms with Crippen molar-refractivity contribution >= 4 is 15.8 Å². The number of nitrogens with zero attached hydrogens (tertiary/aromatic N) is 2. The summed E-state index contributed by atoms with van der Waals surface area (Å²) in [4.78, 5) is 11.4. The zero-order valence-electron chi connectivity index (χ0n) is 8.97. The average molecular weight is 230 g/mol. The molecule has 6 heteroatoms. The van der Waals surface area contributed by atoms with Gasteiger partial charge in [-0.15, -0.1) is 4.36 Å². The van der Waals surface area contributed by atoms with Crippen molar-refractivity contribution in [2.45, 2.75) is 6.42 Å². The van der Waals surface area contributed by atoms with Gasteiger partial charge in [0.2, 0.25) is 0 Å². The zero-order valence-corrected chi connectivity index (χ0v) is 9.78. The van der Waals surface area contributed by atoms with Gasteiger partial charge in [-0.1, -0.05) is 0 Å². The molecule has 1 rings (SSSR count). The maximum Gasteiger partial charge on any atom is 0.262 e. The van der Waals surface area contributed by atoms with Crippen molar-refractivity contribution in [3.8, 4) is 0 Å². The molecular formula is C9H14N2O3S. The molecule has 15 heavy (non-hydrogen) atoms. The van der Waals surface area contributed by atoms with Crippen molar-refractivity contribution in [3.05, 3.63) is 24.2 Å². The highest BCUT2D eigenvalue weighted by Crippen LogP contribution is 2.04. The second kappa shape index (κ2) is 4.59. The van der Waals surface area contributed by atoms with Crippen LogP contribution in [0.5, 0.6) is 0 Å². The third kappa shape index (κ3) is 3.49. The standard InChI is InChI=1S/C9H14N2O3S/c1-11(2)15(3,13)10-9(12)7-8-5-4-6-14-8/h4-6H,7H2,1-3H3. The van der Waals surface area contributed by atoms with Crippen LogP contribution in [0.25, 0.3) is 0 Å². The molecule has 0 radical (unpaired) electrons. The van der Waals surface area contributed by atoms with E-state index in [9.17, 15) is 9.00 Å². The normalized spacial score (nSPS) is 14.9. The van der Waals surface area contributed by atoms with Crippen LogP contribution in [0.15, 0.2) is 27.2 Å². The summed E-state index contributed by atoms with van der Waals surface area (Å²) in [5, 5.41) is 0.